The van der Waals surface area contributed by atoms with Crippen molar-refractivity contribution in [1.29, 1.82) is 0 Å². The summed E-state index contributed by atoms with van der Waals surface area (Å²) in [5.41, 5.74) is 0.932. The number of rotatable bonds is 5. The molecule has 1 unspecified atom stereocenters. The third-order valence-electron chi connectivity index (χ3n) is 1.63. The highest BCUT2D eigenvalue weighted by molar-refractivity contribution is 5.31. The summed E-state index contributed by atoms with van der Waals surface area (Å²) >= 11 is 0. The Hall–Kier alpha value is -0.920. The highest BCUT2D eigenvalue weighted by Gasteiger charge is 2.04. The van der Waals surface area contributed by atoms with Gasteiger partial charge in [0.25, 0.3) is 0 Å². The van der Waals surface area contributed by atoms with Crippen LogP contribution in [0, 0.1) is 5.92 Å². The van der Waals surface area contributed by atoms with Crippen molar-refractivity contribution in [2.75, 3.05) is 0 Å². The van der Waals surface area contributed by atoms with Crippen LogP contribution in [0.1, 0.15) is 26.7 Å². The lowest BCUT2D eigenvalue weighted by atomic mass is 10.0. The highest BCUT2D eigenvalue weighted by Crippen LogP contribution is 2.16. The fourth-order valence-electron chi connectivity index (χ4n) is 0.998. The molecule has 0 rings (SSSR count). The van der Waals surface area contributed by atoms with E-state index in [9.17, 15) is 0 Å². The molecule has 0 N–H and O–H groups in total. The topological polar surface area (TPSA) is 24.7 Å². The van der Waals surface area contributed by atoms with Crippen LogP contribution in [0.4, 0.5) is 0 Å². The van der Waals surface area contributed by atoms with Gasteiger partial charge in [0.2, 0.25) is 0 Å². The standard InChI is InChI=1S/C9H16N2/c1-5-6-8(2)9(11-4)7-10-3/h7-8H,3-6H2,1-2H3/b9-7-. The van der Waals surface area contributed by atoms with E-state index in [1.165, 1.54) is 0 Å². The van der Waals surface area contributed by atoms with E-state index in [4.69, 9.17) is 0 Å². The summed E-state index contributed by atoms with van der Waals surface area (Å²) in [6, 6.07) is 0. The number of hydrogen-bond acceptors (Lipinski definition) is 2. The molecule has 0 aromatic rings. The molecule has 0 amide bonds. The minimum absolute atomic E-state index is 0.447. The van der Waals surface area contributed by atoms with E-state index in [-0.39, 0.29) is 0 Å². The van der Waals surface area contributed by atoms with E-state index in [0.717, 1.165) is 18.5 Å². The molecule has 0 heterocycles. The molecule has 0 fully saturated rings. The Balaban J connectivity index is 4.12. The molecule has 0 aromatic carbocycles. The predicted octanol–water partition coefficient (Wildman–Crippen LogP) is 2.67. The Bertz CT molecular complexity index is 159. The molecule has 0 aliphatic rings. The summed E-state index contributed by atoms with van der Waals surface area (Å²) in [6.45, 7) is 11.1. The van der Waals surface area contributed by atoms with Crippen LogP contribution in [0.3, 0.4) is 0 Å². The molecule has 0 radical (unpaired) electrons. The van der Waals surface area contributed by atoms with Crippen molar-refractivity contribution in [2.45, 2.75) is 26.7 Å². The molecule has 11 heavy (non-hydrogen) atoms. The second kappa shape index (κ2) is 5.83. The molecule has 0 aliphatic heterocycles. The van der Waals surface area contributed by atoms with Gasteiger partial charge in [-0.25, -0.2) is 0 Å². The molecule has 0 bridgehead atoms. The van der Waals surface area contributed by atoms with Crippen molar-refractivity contribution >= 4 is 13.4 Å². The first-order chi connectivity index (χ1) is 5.26. The van der Waals surface area contributed by atoms with Gasteiger partial charge in [-0.3, -0.25) is 9.98 Å². The molecular weight excluding hydrogens is 136 g/mol. The fourth-order valence-corrected chi connectivity index (χ4v) is 0.998. The average Bonchev–Trinajstić information content (AvgIpc) is 2.00. The van der Waals surface area contributed by atoms with E-state index in [1.807, 2.05) is 0 Å². The van der Waals surface area contributed by atoms with Gasteiger partial charge in [0.05, 0.1) is 5.70 Å². The normalized spacial score (nSPS) is 14.2. The zero-order valence-corrected chi connectivity index (χ0v) is 7.38. The van der Waals surface area contributed by atoms with E-state index < -0.39 is 0 Å². The third kappa shape index (κ3) is 3.71. The maximum absolute atomic E-state index is 3.87. The van der Waals surface area contributed by atoms with Crippen molar-refractivity contribution < 1.29 is 0 Å². The number of nitrogens with zero attached hydrogens (tertiary/aromatic N) is 2. The SMILES string of the molecule is C=N/C=C(\N=C)C(C)CCC. The second-order valence-corrected chi connectivity index (χ2v) is 2.58. The molecule has 0 saturated carbocycles. The van der Waals surface area contributed by atoms with Gasteiger partial charge in [-0.2, -0.15) is 0 Å². The zero-order valence-electron chi connectivity index (χ0n) is 7.38. The average molecular weight is 152 g/mol. The molecule has 0 aliphatic carbocycles. The Labute approximate surface area is 68.8 Å². The first-order valence-corrected chi connectivity index (χ1v) is 3.88. The predicted molar refractivity (Wildman–Crippen MR) is 51.3 cm³/mol. The number of hydrogen-bond donors (Lipinski definition) is 0. The summed E-state index contributed by atoms with van der Waals surface area (Å²) < 4.78 is 0. The first-order valence-electron chi connectivity index (χ1n) is 3.88. The lowest BCUT2D eigenvalue weighted by Crippen LogP contribution is -1.95. The smallest absolute Gasteiger partial charge is 0.0606 e. The van der Waals surface area contributed by atoms with E-state index >= 15 is 0 Å². The molecule has 0 aromatic heterocycles. The van der Waals surface area contributed by atoms with Gasteiger partial charge in [0, 0.05) is 6.20 Å². The Morgan fingerprint density at radius 1 is 1.55 bits per heavy atom. The minimum atomic E-state index is 0.447. The molecule has 2 nitrogen and oxygen atoms in total. The van der Waals surface area contributed by atoms with Gasteiger partial charge in [0.1, 0.15) is 0 Å². The summed E-state index contributed by atoms with van der Waals surface area (Å²) in [5.74, 6) is 0.447. The van der Waals surface area contributed by atoms with Crippen LogP contribution in [-0.2, 0) is 0 Å². The van der Waals surface area contributed by atoms with Crippen LogP contribution in [0.5, 0.6) is 0 Å². The minimum Gasteiger partial charge on any atom is -0.271 e. The summed E-state index contributed by atoms with van der Waals surface area (Å²) in [5, 5.41) is 0. The van der Waals surface area contributed by atoms with Gasteiger partial charge in [-0.15, -0.1) is 0 Å². The van der Waals surface area contributed by atoms with Crippen LogP contribution < -0.4 is 0 Å². The van der Waals surface area contributed by atoms with Crippen LogP contribution in [0.25, 0.3) is 0 Å². The maximum atomic E-state index is 3.87. The first kappa shape index (κ1) is 10.1. The number of allylic oxidation sites excluding steroid dienone is 1. The Morgan fingerprint density at radius 3 is 2.55 bits per heavy atom. The Kier molecular flexibility index (Phi) is 5.35. The van der Waals surface area contributed by atoms with Crippen molar-refractivity contribution in [1.82, 2.24) is 0 Å². The molecule has 1 atom stereocenters. The second-order valence-electron chi connectivity index (χ2n) is 2.58. The van der Waals surface area contributed by atoms with Crippen molar-refractivity contribution in [3.05, 3.63) is 11.9 Å². The summed E-state index contributed by atoms with van der Waals surface area (Å²) in [6.07, 6.45) is 3.96. The van der Waals surface area contributed by atoms with E-state index in [1.54, 1.807) is 6.20 Å². The molecular formula is C9H16N2. The summed E-state index contributed by atoms with van der Waals surface area (Å²) in [7, 11) is 0. The lowest BCUT2D eigenvalue weighted by Gasteiger charge is -2.08. The van der Waals surface area contributed by atoms with Gasteiger partial charge >= 0.3 is 0 Å². The van der Waals surface area contributed by atoms with Crippen LogP contribution >= 0.6 is 0 Å². The van der Waals surface area contributed by atoms with E-state index in [0.29, 0.717) is 5.92 Å². The van der Waals surface area contributed by atoms with Crippen molar-refractivity contribution in [3.8, 4) is 0 Å². The molecule has 2 heteroatoms. The highest BCUT2D eigenvalue weighted by atomic mass is 14.8. The van der Waals surface area contributed by atoms with Gasteiger partial charge < -0.3 is 0 Å². The van der Waals surface area contributed by atoms with Crippen LogP contribution in [0.15, 0.2) is 21.9 Å². The zero-order chi connectivity index (χ0) is 8.69. The summed E-state index contributed by atoms with van der Waals surface area (Å²) in [4.78, 5) is 7.54. The van der Waals surface area contributed by atoms with Crippen LogP contribution in [-0.4, -0.2) is 13.4 Å². The third-order valence-corrected chi connectivity index (χ3v) is 1.63. The monoisotopic (exact) mass is 152 g/mol. The van der Waals surface area contributed by atoms with Crippen molar-refractivity contribution in [3.63, 3.8) is 0 Å². The van der Waals surface area contributed by atoms with Gasteiger partial charge in [0.15, 0.2) is 0 Å². The largest absolute Gasteiger partial charge is 0.271 e. The molecule has 0 spiro atoms. The fraction of sp³-hybridized carbons (Fsp3) is 0.556. The quantitative estimate of drug-likeness (QED) is 0.541. The van der Waals surface area contributed by atoms with Crippen LogP contribution in [0.2, 0.25) is 0 Å². The lowest BCUT2D eigenvalue weighted by molar-refractivity contribution is 0.596. The van der Waals surface area contributed by atoms with Gasteiger partial charge in [-0.1, -0.05) is 20.3 Å². The van der Waals surface area contributed by atoms with Crippen molar-refractivity contribution in [2.24, 2.45) is 15.9 Å². The Morgan fingerprint density at radius 2 is 2.18 bits per heavy atom. The van der Waals surface area contributed by atoms with Gasteiger partial charge in [-0.05, 0) is 25.8 Å². The maximum Gasteiger partial charge on any atom is 0.0606 e. The van der Waals surface area contributed by atoms with E-state index in [2.05, 4.69) is 37.3 Å². The molecule has 0 saturated heterocycles. The number of aliphatic imine (C=N–C) groups is 2. The molecule has 62 valence electrons.